The molecular weight excluding hydrogens is 241 g/mol. The van der Waals surface area contributed by atoms with E-state index < -0.39 is 0 Å². The zero-order chi connectivity index (χ0) is 7.40. The Bertz CT molecular complexity index is 197. The van der Waals surface area contributed by atoms with Gasteiger partial charge in [-0.25, -0.2) is 0 Å². The highest BCUT2D eigenvalue weighted by Crippen LogP contribution is 2.11. The summed E-state index contributed by atoms with van der Waals surface area (Å²) in [4.78, 5) is 0. The average molecular weight is 251 g/mol. The van der Waals surface area contributed by atoms with Crippen LogP contribution in [0.2, 0.25) is 0 Å². The van der Waals surface area contributed by atoms with Crippen LogP contribution in [-0.2, 0) is 6.42 Å². The summed E-state index contributed by atoms with van der Waals surface area (Å²) in [6.45, 7) is 0.733. The van der Waals surface area contributed by atoms with Crippen LogP contribution in [0, 0.1) is 3.77 Å². The summed E-state index contributed by atoms with van der Waals surface area (Å²) >= 11 is 2.15. The van der Waals surface area contributed by atoms with Crippen LogP contribution in [0.25, 0.3) is 0 Å². The first kappa shape index (κ1) is 8.07. The maximum absolute atomic E-state index is 5.34. The minimum Gasteiger partial charge on any atom is -0.455 e. The van der Waals surface area contributed by atoms with Crippen molar-refractivity contribution < 1.29 is 4.42 Å². The van der Waals surface area contributed by atoms with Gasteiger partial charge in [0.25, 0.3) is 0 Å². The number of nitrogens with two attached hydrogens (primary N) is 1. The van der Waals surface area contributed by atoms with Gasteiger partial charge in [-0.15, -0.1) is 0 Å². The maximum atomic E-state index is 5.34. The zero-order valence-electron chi connectivity index (χ0n) is 5.64. The van der Waals surface area contributed by atoms with E-state index in [-0.39, 0.29) is 0 Å². The highest BCUT2D eigenvalue weighted by molar-refractivity contribution is 14.1. The standard InChI is InChI=1S/C7H10INO/c8-7-4-3-6(10-7)2-1-5-9/h3-4H,1-2,5,9H2. The lowest BCUT2D eigenvalue weighted by Crippen LogP contribution is -1.99. The van der Waals surface area contributed by atoms with Gasteiger partial charge in [0.15, 0.2) is 3.77 Å². The second-order valence-corrected chi connectivity index (χ2v) is 3.16. The van der Waals surface area contributed by atoms with Crippen LogP contribution in [0.4, 0.5) is 0 Å². The van der Waals surface area contributed by atoms with E-state index in [0.29, 0.717) is 0 Å². The van der Waals surface area contributed by atoms with Gasteiger partial charge in [0.2, 0.25) is 0 Å². The number of rotatable bonds is 3. The predicted octanol–water partition coefficient (Wildman–Crippen LogP) is 1.78. The number of hydrogen-bond acceptors (Lipinski definition) is 2. The summed E-state index contributed by atoms with van der Waals surface area (Å²) in [6.07, 6.45) is 1.96. The third-order valence-corrected chi connectivity index (χ3v) is 1.84. The molecular formula is C7H10INO. The van der Waals surface area contributed by atoms with E-state index in [2.05, 4.69) is 22.6 Å². The fraction of sp³-hybridized carbons (Fsp3) is 0.429. The Morgan fingerprint density at radius 3 is 2.80 bits per heavy atom. The Hall–Kier alpha value is -0.0300. The zero-order valence-corrected chi connectivity index (χ0v) is 7.80. The average Bonchev–Trinajstić information content (AvgIpc) is 2.31. The Labute approximate surface area is 73.9 Å². The van der Waals surface area contributed by atoms with Gasteiger partial charge in [0, 0.05) is 6.42 Å². The Kier molecular flexibility index (Phi) is 3.21. The molecule has 0 aliphatic carbocycles. The molecule has 0 aliphatic heterocycles. The van der Waals surface area contributed by atoms with Gasteiger partial charge in [-0.3, -0.25) is 0 Å². The van der Waals surface area contributed by atoms with Crippen LogP contribution in [-0.4, -0.2) is 6.54 Å². The van der Waals surface area contributed by atoms with Crippen LogP contribution in [0.1, 0.15) is 12.2 Å². The minimum absolute atomic E-state index is 0.733. The van der Waals surface area contributed by atoms with Crippen molar-refractivity contribution in [2.75, 3.05) is 6.54 Å². The largest absolute Gasteiger partial charge is 0.455 e. The first-order valence-electron chi connectivity index (χ1n) is 3.27. The first-order valence-corrected chi connectivity index (χ1v) is 4.35. The molecule has 0 aromatic carbocycles. The molecule has 2 N–H and O–H groups in total. The van der Waals surface area contributed by atoms with Gasteiger partial charge < -0.3 is 10.2 Å². The molecule has 0 bridgehead atoms. The second-order valence-electron chi connectivity index (χ2n) is 2.10. The SMILES string of the molecule is NCCCc1ccc(I)o1. The Balaban J connectivity index is 2.42. The van der Waals surface area contributed by atoms with E-state index in [4.69, 9.17) is 10.2 Å². The summed E-state index contributed by atoms with van der Waals surface area (Å²) < 4.78 is 6.27. The molecule has 1 heterocycles. The predicted molar refractivity (Wildman–Crippen MR) is 48.8 cm³/mol. The lowest BCUT2D eigenvalue weighted by molar-refractivity contribution is 0.480. The van der Waals surface area contributed by atoms with Crippen molar-refractivity contribution in [2.24, 2.45) is 5.73 Å². The van der Waals surface area contributed by atoms with E-state index in [9.17, 15) is 0 Å². The molecule has 2 nitrogen and oxygen atoms in total. The van der Waals surface area contributed by atoms with E-state index in [1.54, 1.807) is 0 Å². The monoisotopic (exact) mass is 251 g/mol. The third kappa shape index (κ3) is 2.30. The Morgan fingerprint density at radius 2 is 2.30 bits per heavy atom. The molecule has 0 saturated carbocycles. The van der Waals surface area contributed by atoms with Crippen molar-refractivity contribution in [1.82, 2.24) is 0 Å². The molecule has 1 rings (SSSR count). The lowest BCUT2D eigenvalue weighted by Gasteiger charge is -1.91. The van der Waals surface area contributed by atoms with Gasteiger partial charge >= 0.3 is 0 Å². The van der Waals surface area contributed by atoms with Crippen LogP contribution in [0.5, 0.6) is 0 Å². The fourth-order valence-corrected chi connectivity index (χ4v) is 1.23. The summed E-state index contributed by atoms with van der Waals surface area (Å²) in [5.41, 5.74) is 5.34. The molecule has 0 saturated heterocycles. The van der Waals surface area contributed by atoms with E-state index in [1.807, 2.05) is 12.1 Å². The molecule has 1 aromatic rings. The highest BCUT2D eigenvalue weighted by atomic mass is 127. The Morgan fingerprint density at radius 1 is 1.50 bits per heavy atom. The van der Waals surface area contributed by atoms with Crippen molar-refractivity contribution in [1.29, 1.82) is 0 Å². The lowest BCUT2D eigenvalue weighted by atomic mass is 10.2. The molecule has 56 valence electrons. The van der Waals surface area contributed by atoms with E-state index in [1.165, 1.54) is 0 Å². The number of furan rings is 1. The summed E-state index contributed by atoms with van der Waals surface area (Å²) in [5.74, 6) is 1.04. The molecule has 0 unspecified atom stereocenters. The summed E-state index contributed by atoms with van der Waals surface area (Å²) in [7, 11) is 0. The van der Waals surface area contributed by atoms with Crippen molar-refractivity contribution in [3.63, 3.8) is 0 Å². The molecule has 0 radical (unpaired) electrons. The molecule has 0 amide bonds. The summed E-state index contributed by atoms with van der Waals surface area (Å²) in [6, 6.07) is 3.96. The maximum Gasteiger partial charge on any atom is 0.163 e. The smallest absolute Gasteiger partial charge is 0.163 e. The molecule has 0 aliphatic rings. The van der Waals surface area contributed by atoms with E-state index >= 15 is 0 Å². The fourth-order valence-electron chi connectivity index (χ4n) is 0.762. The quantitative estimate of drug-likeness (QED) is 0.831. The van der Waals surface area contributed by atoms with Crippen LogP contribution in [0.15, 0.2) is 16.5 Å². The summed E-state index contributed by atoms with van der Waals surface area (Å²) in [5, 5.41) is 0. The molecule has 0 atom stereocenters. The van der Waals surface area contributed by atoms with Gasteiger partial charge in [-0.2, -0.15) is 0 Å². The minimum atomic E-state index is 0.733. The van der Waals surface area contributed by atoms with Gasteiger partial charge in [-0.05, 0) is 47.7 Å². The third-order valence-electron chi connectivity index (χ3n) is 1.26. The molecule has 10 heavy (non-hydrogen) atoms. The number of aryl methyl sites for hydroxylation is 1. The van der Waals surface area contributed by atoms with Crippen molar-refractivity contribution in [2.45, 2.75) is 12.8 Å². The molecule has 0 fully saturated rings. The van der Waals surface area contributed by atoms with Crippen molar-refractivity contribution >= 4 is 22.6 Å². The first-order chi connectivity index (χ1) is 4.83. The topological polar surface area (TPSA) is 39.2 Å². The van der Waals surface area contributed by atoms with Crippen LogP contribution in [0.3, 0.4) is 0 Å². The van der Waals surface area contributed by atoms with Crippen LogP contribution < -0.4 is 5.73 Å². The second kappa shape index (κ2) is 3.98. The van der Waals surface area contributed by atoms with Crippen molar-refractivity contribution in [3.8, 4) is 0 Å². The van der Waals surface area contributed by atoms with Crippen LogP contribution >= 0.6 is 22.6 Å². The van der Waals surface area contributed by atoms with Gasteiger partial charge in [-0.1, -0.05) is 0 Å². The highest BCUT2D eigenvalue weighted by Gasteiger charge is 1.96. The van der Waals surface area contributed by atoms with Gasteiger partial charge in [0.05, 0.1) is 0 Å². The van der Waals surface area contributed by atoms with E-state index in [0.717, 1.165) is 28.9 Å². The van der Waals surface area contributed by atoms with Crippen molar-refractivity contribution in [3.05, 3.63) is 21.7 Å². The molecule has 1 aromatic heterocycles. The normalized spacial score (nSPS) is 10.2. The molecule has 0 spiro atoms. The molecule has 3 heteroatoms. The number of halogens is 1. The number of hydrogen-bond donors (Lipinski definition) is 1. The van der Waals surface area contributed by atoms with Gasteiger partial charge in [0.1, 0.15) is 5.76 Å².